The highest BCUT2D eigenvalue weighted by Crippen LogP contribution is 2.48. The van der Waals surface area contributed by atoms with Gasteiger partial charge in [0.15, 0.2) is 0 Å². The second-order valence-electron chi connectivity index (χ2n) is 8.03. The summed E-state index contributed by atoms with van der Waals surface area (Å²) >= 11 is 0. The first-order valence-electron chi connectivity index (χ1n) is 9.62. The van der Waals surface area contributed by atoms with Crippen LogP contribution in [0.2, 0.25) is 0 Å². The summed E-state index contributed by atoms with van der Waals surface area (Å²) in [6.07, 6.45) is 9.86. The van der Waals surface area contributed by atoms with Crippen molar-refractivity contribution in [1.29, 1.82) is 0 Å². The van der Waals surface area contributed by atoms with Gasteiger partial charge in [0.1, 0.15) is 17.2 Å². The standard InChI is InChI=1S/C20H24N6O2/c1-13-10-21-11-16(23-13)18(28)26-20-6-3-5-19(12-20,7-8-20)25-17(27)15-4-9-22-14(2)24-15/h4,9-11H,3,5-8,12H2,1-2H3,(H,25,27)(H,26,28)/t19-,20+/m1/s1. The van der Waals surface area contributed by atoms with Gasteiger partial charge in [0.2, 0.25) is 0 Å². The molecule has 2 N–H and O–H groups in total. The second kappa shape index (κ2) is 6.92. The summed E-state index contributed by atoms with van der Waals surface area (Å²) in [5.74, 6) is 0.187. The molecule has 2 aliphatic rings. The largest absolute Gasteiger partial charge is 0.345 e. The smallest absolute Gasteiger partial charge is 0.271 e. The van der Waals surface area contributed by atoms with Crippen molar-refractivity contribution in [3.63, 3.8) is 0 Å². The van der Waals surface area contributed by atoms with Gasteiger partial charge < -0.3 is 10.6 Å². The molecule has 2 saturated carbocycles. The van der Waals surface area contributed by atoms with E-state index in [0.717, 1.165) is 38.5 Å². The summed E-state index contributed by atoms with van der Waals surface area (Å²) in [7, 11) is 0. The molecule has 0 aromatic carbocycles. The van der Waals surface area contributed by atoms with Crippen LogP contribution >= 0.6 is 0 Å². The monoisotopic (exact) mass is 380 g/mol. The zero-order valence-corrected chi connectivity index (χ0v) is 16.2. The molecule has 0 saturated heterocycles. The predicted molar refractivity (Wildman–Crippen MR) is 102 cm³/mol. The van der Waals surface area contributed by atoms with E-state index in [1.807, 2.05) is 6.92 Å². The number of aromatic nitrogens is 4. The first-order valence-corrected chi connectivity index (χ1v) is 9.62. The Labute approximate surface area is 163 Å². The van der Waals surface area contributed by atoms with Crippen LogP contribution in [0.1, 0.15) is 71.0 Å². The van der Waals surface area contributed by atoms with Crippen LogP contribution in [-0.2, 0) is 0 Å². The summed E-state index contributed by atoms with van der Waals surface area (Å²) < 4.78 is 0. The van der Waals surface area contributed by atoms with Gasteiger partial charge in [0, 0.05) is 23.5 Å². The van der Waals surface area contributed by atoms with Crippen molar-refractivity contribution in [2.75, 3.05) is 0 Å². The van der Waals surface area contributed by atoms with Crippen LogP contribution in [0.4, 0.5) is 0 Å². The van der Waals surface area contributed by atoms with Gasteiger partial charge in [0.25, 0.3) is 11.8 Å². The number of carbonyl (C=O) groups excluding carboxylic acids is 2. The fourth-order valence-corrected chi connectivity index (χ4v) is 4.60. The third kappa shape index (κ3) is 3.58. The molecule has 146 valence electrons. The van der Waals surface area contributed by atoms with Gasteiger partial charge in [-0.2, -0.15) is 0 Å². The van der Waals surface area contributed by atoms with E-state index in [9.17, 15) is 9.59 Å². The molecule has 2 heterocycles. The third-order valence-corrected chi connectivity index (χ3v) is 5.82. The number of hydrogen-bond donors (Lipinski definition) is 2. The van der Waals surface area contributed by atoms with Gasteiger partial charge in [-0.1, -0.05) is 0 Å². The summed E-state index contributed by atoms with van der Waals surface area (Å²) in [6.45, 7) is 3.58. The number of amides is 2. The van der Waals surface area contributed by atoms with Gasteiger partial charge in [0.05, 0.1) is 11.9 Å². The molecule has 2 amide bonds. The van der Waals surface area contributed by atoms with Gasteiger partial charge >= 0.3 is 0 Å². The van der Waals surface area contributed by atoms with E-state index < -0.39 is 0 Å². The average molecular weight is 380 g/mol. The van der Waals surface area contributed by atoms with E-state index in [-0.39, 0.29) is 22.9 Å². The van der Waals surface area contributed by atoms with Crippen molar-refractivity contribution in [3.05, 3.63) is 47.6 Å². The fourth-order valence-electron chi connectivity index (χ4n) is 4.60. The molecule has 2 fully saturated rings. The lowest BCUT2D eigenvalue weighted by molar-refractivity contribution is 0.0826. The number of hydrogen-bond acceptors (Lipinski definition) is 6. The summed E-state index contributed by atoms with van der Waals surface area (Å²) in [4.78, 5) is 42.0. The first-order chi connectivity index (χ1) is 13.4. The van der Waals surface area contributed by atoms with Crippen molar-refractivity contribution < 1.29 is 9.59 Å². The molecule has 0 unspecified atom stereocenters. The molecule has 8 heteroatoms. The lowest BCUT2D eigenvalue weighted by Crippen LogP contribution is -2.55. The highest BCUT2D eigenvalue weighted by molar-refractivity contribution is 5.93. The van der Waals surface area contributed by atoms with Crippen molar-refractivity contribution in [2.24, 2.45) is 0 Å². The Morgan fingerprint density at radius 1 is 0.929 bits per heavy atom. The quantitative estimate of drug-likeness (QED) is 0.838. The maximum atomic E-state index is 12.7. The molecule has 28 heavy (non-hydrogen) atoms. The zero-order valence-electron chi connectivity index (χ0n) is 16.2. The molecular formula is C20H24N6O2. The van der Waals surface area contributed by atoms with Crippen LogP contribution in [0.5, 0.6) is 0 Å². The minimum Gasteiger partial charge on any atom is -0.345 e. The molecule has 2 aromatic rings. The number of rotatable bonds is 4. The topological polar surface area (TPSA) is 110 Å². The Bertz CT molecular complexity index is 859. The van der Waals surface area contributed by atoms with E-state index in [0.29, 0.717) is 22.9 Å². The number of aryl methyl sites for hydroxylation is 2. The van der Waals surface area contributed by atoms with Crippen molar-refractivity contribution >= 4 is 11.8 Å². The average Bonchev–Trinajstić information content (AvgIpc) is 2.91. The van der Waals surface area contributed by atoms with Crippen LogP contribution < -0.4 is 10.6 Å². The Kier molecular flexibility index (Phi) is 4.56. The summed E-state index contributed by atoms with van der Waals surface area (Å²) in [5, 5.41) is 6.40. The molecule has 2 bridgehead atoms. The zero-order chi connectivity index (χ0) is 19.8. The van der Waals surface area contributed by atoms with Crippen LogP contribution in [0.15, 0.2) is 24.7 Å². The molecular weight excluding hydrogens is 356 g/mol. The molecule has 8 nitrogen and oxygen atoms in total. The maximum Gasteiger partial charge on any atom is 0.271 e. The highest BCUT2D eigenvalue weighted by Gasteiger charge is 2.52. The van der Waals surface area contributed by atoms with Gasteiger partial charge in [-0.15, -0.1) is 0 Å². The van der Waals surface area contributed by atoms with Gasteiger partial charge in [-0.3, -0.25) is 14.6 Å². The predicted octanol–water partition coefficient (Wildman–Crippen LogP) is 1.89. The number of fused-ring (bicyclic) bond motifs is 2. The van der Waals surface area contributed by atoms with Gasteiger partial charge in [-0.05, 0) is 58.4 Å². The van der Waals surface area contributed by atoms with E-state index in [1.165, 1.54) is 6.20 Å². The minimum absolute atomic E-state index is 0.181. The Morgan fingerprint density at radius 3 is 2.25 bits per heavy atom. The lowest BCUT2D eigenvalue weighted by atomic mass is 9.78. The van der Waals surface area contributed by atoms with Crippen LogP contribution in [0, 0.1) is 13.8 Å². The lowest BCUT2D eigenvalue weighted by Gasteiger charge is -2.40. The molecule has 0 radical (unpaired) electrons. The molecule has 2 atom stereocenters. The van der Waals surface area contributed by atoms with Crippen molar-refractivity contribution in [3.8, 4) is 0 Å². The Hall–Kier alpha value is -2.90. The van der Waals surface area contributed by atoms with Crippen molar-refractivity contribution in [1.82, 2.24) is 30.6 Å². The first kappa shape index (κ1) is 18.5. The van der Waals surface area contributed by atoms with Gasteiger partial charge in [-0.25, -0.2) is 15.0 Å². The maximum absolute atomic E-state index is 12.7. The molecule has 2 aliphatic carbocycles. The van der Waals surface area contributed by atoms with E-state index in [2.05, 4.69) is 30.6 Å². The van der Waals surface area contributed by atoms with Crippen LogP contribution in [0.25, 0.3) is 0 Å². The van der Waals surface area contributed by atoms with Crippen LogP contribution in [-0.4, -0.2) is 42.8 Å². The number of carbonyl (C=O) groups is 2. The second-order valence-corrected chi connectivity index (χ2v) is 8.03. The minimum atomic E-state index is -0.310. The number of nitrogens with one attached hydrogen (secondary N) is 2. The molecule has 4 rings (SSSR count). The summed E-state index contributed by atoms with van der Waals surface area (Å²) in [5.41, 5.74) is 0.805. The normalized spacial score (nSPS) is 25.9. The molecule has 0 aliphatic heterocycles. The SMILES string of the molecule is Cc1cncc(C(=O)N[C@@]23CCC[C@@](NC(=O)c4ccnc(C)n4)(CC2)C3)n1. The van der Waals surface area contributed by atoms with Crippen molar-refractivity contribution in [2.45, 2.75) is 63.5 Å². The molecule has 0 spiro atoms. The van der Waals surface area contributed by atoms with Crippen LogP contribution in [0.3, 0.4) is 0 Å². The Balaban J connectivity index is 1.48. The fraction of sp³-hybridized carbons (Fsp3) is 0.500. The van der Waals surface area contributed by atoms with E-state index in [1.54, 1.807) is 25.4 Å². The highest BCUT2D eigenvalue weighted by atomic mass is 16.2. The third-order valence-electron chi connectivity index (χ3n) is 5.82. The van der Waals surface area contributed by atoms with E-state index in [4.69, 9.17) is 0 Å². The molecule has 2 aromatic heterocycles. The van der Waals surface area contributed by atoms with E-state index >= 15 is 0 Å². The summed E-state index contributed by atoms with van der Waals surface area (Å²) in [6, 6.07) is 1.63. The Morgan fingerprint density at radius 2 is 1.61 bits per heavy atom. The number of nitrogens with zero attached hydrogens (tertiary/aromatic N) is 4.